The van der Waals surface area contributed by atoms with Gasteiger partial charge in [-0.25, -0.2) is 4.98 Å². The Kier molecular flexibility index (Phi) is 3.58. The Hall–Kier alpha value is -3.39. The predicted octanol–water partition coefficient (Wildman–Crippen LogP) is 3.23. The molecule has 0 spiro atoms. The van der Waals surface area contributed by atoms with Gasteiger partial charge >= 0.3 is 0 Å². The first kappa shape index (κ1) is 15.8. The first-order valence-electron chi connectivity index (χ1n) is 9.19. The molecule has 1 unspecified atom stereocenters. The number of anilines is 1. The zero-order valence-electron chi connectivity index (χ0n) is 14.8. The van der Waals surface area contributed by atoms with Crippen LogP contribution in [0.3, 0.4) is 0 Å². The highest BCUT2D eigenvalue weighted by Gasteiger charge is 2.32. The fourth-order valence-corrected chi connectivity index (χ4v) is 4.41. The third kappa shape index (κ3) is 2.45. The number of benzene rings is 2. The van der Waals surface area contributed by atoms with E-state index in [1.807, 2.05) is 39.9 Å². The van der Waals surface area contributed by atoms with Crippen LogP contribution in [0.4, 0.5) is 5.69 Å². The zero-order chi connectivity index (χ0) is 18.4. The number of imidazole rings is 1. The van der Waals surface area contributed by atoms with Gasteiger partial charge in [0.25, 0.3) is 0 Å². The summed E-state index contributed by atoms with van der Waals surface area (Å²) in [7, 11) is 0. The van der Waals surface area contributed by atoms with Gasteiger partial charge in [-0.15, -0.1) is 0 Å². The average molecular weight is 354 g/mol. The first-order chi connectivity index (χ1) is 13.3. The molecule has 3 aromatic rings. The summed E-state index contributed by atoms with van der Waals surface area (Å²) in [6.07, 6.45) is 7.74. The van der Waals surface area contributed by atoms with Gasteiger partial charge < -0.3 is 9.47 Å². The van der Waals surface area contributed by atoms with Crippen LogP contribution in [0.15, 0.2) is 55.1 Å². The predicted molar refractivity (Wildman–Crippen MR) is 101 cm³/mol. The van der Waals surface area contributed by atoms with Gasteiger partial charge in [-0.05, 0) is 41.2 Å². The summed E-state index contributed by atoms with van der Waals surface area (Å²) in [4.78, 5) is 18.4. The summed E-state index contributed by atoms with van der Waals surface area (Å²) < 4.78 is 2.05. The lowest BCUT2D eigenvalue weighted by Gasteiger charge is -2.28. The molecule has 5 rings (SSSR count). The van der Waals surface area contributed by atoms with Crippen LogP contribution < -0.4 is 4.90 Å². The van der Waals surface area contributed by atoms with Crippen molar-refractivity contribution in [2.45, 2.75) is 25.3 Å². The molecule has 0 saturated carbocycles. The lowest BCUT2D eigenvalue weighted by atomic mass is 9.89. The van der Waals surface area contributed by atoms with E-state index >= 15 is 0 Å². The van der Waals surface area contributed by atoms with E-state index in [2.05, 4.69) is 23.2 Å². The fourth-order valence-electron chi connectivity index (χ4n) is 4.41. The molecule has 1 atom stereocenters. The van der Waals surface area contributed by atoms with Crippen LogP contribution in [0, 0.1) is 11.3 Å². The van der Waals surface area contributed by atoms with E-state index in [-0.39, 0.29) is 11.9 Å². The number of rotatable bonds is 3. The quantitative estimate of drug-likeness (QED) is 0.725. The van der Waals surface area contributed by atoms with Gasteiger partial charge in [-0.3, -0.25) is 4.79 Å². The SMILES string of the molecule is N#Cc1ccccc1C(c1cc2c3c(c1)CCN3C(=O)CC2)n1ccnc1. The summed E-state index contributed by atoms with van der Waals surface area (Å²) in [6, 6.07) is 14.4. The third-order valence-electron chi connectivity index (χ3n) is 5.59. The van der Waals surface area contributed by atoms with Crippen molar-refractivity contribution in [2.24, 2.45) is 0 Å². The molecular formula is C22H18N4O. The molecule has 1 aromatic heterocycles. The molecule has 0 N–H and O–H groups in total. The summed E-state index contributed by atoms with van der Waals surface area (Å²) in [6.45, 7) is 0.773. The van der Waals surface area contributed by atoms with Crippen LogP contribution in [-0.4, -0.2) is 22.0 Å². The van der Waals surface area contributed by atoms with E-state index < -0.39 is 0 Å². The second kappa shape index (κ2) is 6.10. The molecule has 2 aromatic carbocycles. The minimum absolute atomic E-state index is 0.114. The minimum Gasteiger partial charge on any atom is -0.326 e. The largest absolute Gasteiger partial charge is 0.326 e. The van der Waals surface area contributed by atoms with Crippen molar-refractivity contribution < 1.29 is 4.79 Å². The Bertz CT molecular complexity index is 1080. The van der Waals surface area contributed by atoms with E-state index in [0.717, 1.165) is 36.2 Å². The number of nitrogens with zero attached hydrogens (tertiary/aromatic N) is 4. The van der Waals surface area contributed by atoms with Crippen molar-refractivity contribution in [1.82, 2.24) is 9.55 Å². The fraction of sp³-hybridized carbons (Fsp3) is 0.227. The molecule has 2 aliphatic heterocycles. The Balaban J connectivity index is 1.71. The van der Waals surface area contributed by atoms with Gasteiger partial charge in [0.2, 0.25) is 5.91 Å². The highest BCUT2D eigenvalue weighted by molar-refractivity contribution is 5.98. The first-order valence-corrected chi connectivity index (χ1v) is 9.19. The van der Waals surface area contributed by atoms with Crippen LogP contribution in [0.25, 0.3) is 0 Å². The maximum Gasteiger partial charge on any atom is 0.227 e. The second-order valence-electron chi connectivity index (χ2n) is 7.09. The third-order valence-corrected chi connectivity index (χ3v) is 5.59. The number of carbonyl (C=O) groups is 1. The molecule has 0 radical (unpaired) electrons. The van der Waals surface area contributed by atoms with E-state index in [0.29, 0.717) is 12.0 Å². The van der Waals surface area contributed by atoms with Crippen molar-refractivity contribution in [1.29, 1.82) is 5.26 Å². The molecule has 0 bridgehead atoms. The number of carbonyl (C=O) groups excluding carboxylic acids is 1. The Morgan fingerprint density at radius 3 is 2.70 bits per heavy atom. The smallest absolute Gasteiger partial charge is 0.227 e. The van der Waals surface area contributed by atoms with E-state index in [1.54, 1.807) is 12.5 Å². The maximum absolute atomic E-state index is 12.2. The Labute approximate surface area is 157 Å². The number of aromatic nitrogens is 2. The highest BCUT2D eigenvalue weighted by atomic mass is 16.2. The van der Waals surface area contributed by atoms with E-state index in [9.17, 15) is 10.1 Å². The van der Waals surface area contributed by atoms with Crippen LogP contribution in [0.1, 0.15) is 40.3 Å². The number of hydrogen-bond donors (Lipinski definition) is 0. The average Bonchev–Trinajstić information content (AvgIpc) is 3.36. The van der Waals surface area contributed by atoms with Gasteiger partial charge in [-0.2, -0.15) is 5.26 Å². The topological polar surface area (TPSA) is 61.9 Å². The molecule has 5 heteroatoms. The van der Waals surface area contributed by atoms with Crippen LogP contribution in [0.5, 0.6) is 0 Å². The maximum atomic E-state index is 12.2. The van der Waals surface area contributed by atoms with Gasteiger partial charge in [0.05, 0.1) is 29.7 Å². The van der Waals surface area contributed by atoms with E-state index in [4.69, 9.17) is 0 Å². The summed E-state index contributed by atoms with van der Waals surface area (Å²) in [5, 5.41) is 9.62. The van der Waals surface area contributed by atoms with Crippen molar-refractivity contribution in [3.63, 3.8) is 0 Å². The molecule has 132 valence electrons. The molecular weight excluding hydrogens is 336 g/mol. The van der Waals surface area contributed by atoms with Gasteiger partial charge in [0.15, 0.2) is 0 Å². The lowest BCUT2D eigenvalue weighted by Crippen LogP contribution is -2.32. The summed E-state index contributed by atoms with van der Waals surface area (Å²) in [5.41, 5.74) is 6.36. The normalized spacial score (nSPS) is 16.1. The number of aryl methyl sites for hydroxylation is 1. The number of nitriles is 1. The van der Waals surface area contributed by atoms with Gasteiger partial charge in [0.1, 0.15) is 0 Å². The van der Waals surface area contributed by atoms with Gasteiger partial charge in [-0.1, -0.05) is 30.3 Å². The summed E-state index contributed by atoms with van der Waals surface area (Å²) in [5.74, 6) is 0.231. The molecule has 0 fully saturated rings. The van der Waals surface area contributed by atoms with Crippen LogP contribution >= 0.6 is 0 Å². The van der Waals surface area contributed by atoms with Crippen molar-refractivity contribution in [3.8, 4) is 6.07 Å². The number of amides is 1. The summed E-state index contributed by atoms with van der Waals surface area (Å²) >= 11 is 0. The lowest BCUT2D eigenvalue weighted by molar-refractivity contribution is -0.118. The molecule has 3 heterocycles. The molecule has 27 heavy (non-hydrogen) atoms. The van der Waals surface area contributed by atoms with Crippen molar-refractivity contribution in [2.75, 3.05) is 11.4 Å². The van der Waals surface area contributed by atoms with Gasteiger partial charge in [0, 0.05) is 25.4 Å². The molecule has 0 saturated heterocycles. The van der Waals surface area contributed by atoms with Crippen LogP contribution in [-0.2, 0) is 17.6 Å². The minimum atomic E-state index is -0.114. The molecule has 5 nitrogen and oxygen atoms in total. The zero-order valence-corrected chi connectivity index (χ0v) is 14.8. The number of hydrogen-bond acceptors (Lipinski definition) is 3. The molecule has 0 aliphatic carbocycles. The monoisotopic (exact) mass is 354 g/mol. The van der Waals surface area contributed by atoms with E-state index in [1.165, 1.54) is 11.1 Å². The molecule has 2 aliphatic rings. The van der Waals surface area contributed by atoms with Crippen LogP contribution in [0.2, 0.25) is 0 Å². The highest BCUT2D eigenvalue weighted by Crippen LogP contribution is 2.40. The molecule has 1 amide bonds. The standard InChI is InChI=1S/C22H18N4O/c23-13-17-3-1-2-4-19(17)22(25-10-8-24-14-25)18-11-15-5-6-20(27)26-9-7-16(12-18)21(15)26/h1-4,8,10-12,14,22H,5-7,9H2. The Morgan fingerprint density at radius 2 is 1.93 bits per heavy atom. The second-order valence-corrected chi connectivity index (χ2v) is 7.09. The Morgan fingerprint density at radius 1 is 1.11 bits per heavy atom. The van der Waals surface area contributed by atoms with Crippen molar-refractivity contribution >= 4 is 11.6 Å². The van der Waals surface area contributed by atoms with Crippen molar-refractivity contribution in [3.05, 3.63) is 82.9 Å².